The van der Waals surface area contributed by atoms with Crippen molar-refractivity contribution in [2.75, 3.05) is 6.61 Å². The van der Waals surface area contributed by atoms with Crippen molar-refractivity contribution >= 4 is 11.9 Å². The Kier molecular flexibility index (Phi) is 5.77. The third kappa shape index (κ3) is 3.78. The average molecular weight is 391 g/mol. The highest BCUT2D eigenvalue weighted by Gasteiger charge is 2.58. The van der Waals surface area contributed by atoms with Gasteiger partial charge in [0.1, 0.15) is 19.1 Å². The summed E-state index contributed by atoms with van der Waals surface area (Å²) in [5, 5.41) is 10.8. The van der Waals surface area contributed by atoms with E-state index in [1.807, 2.05) is 13.0 Å². The van der Waals surface area contributed by atoms with E-state index < -0.39 is 18.0 Å². The molecule has 2 heterocycles. The maximum Gasteiger partial charge on any atom is 0.317 e. The topological polar surface area (TPSA) is 72.8 Å². The van der Waals surface area contributed by atoms with Crippen LogP contribution in [0.25, 0.3) is 0 Å². The zero-order valence-electron chi connectivity index (χ0n) is 17.6. The molecule has 2 aliphatic carbocycles. The number of aliphatic hydroxyl groups excluding tert-OH is 1. The summed E-state index contributed by atoms with van der Waals surface area (Å²) in [4.78, 5) is 24.3. The lowest BCUT2D eigenvalue weighted by molar-refractivity contribution is -0.182. The van der Waals surface area contributed by atoms with Crippen molar-refractivity contribution in [3.8, 4) is 0 Å². The van der Waals surface area contributed by atoms with Crippen molar-refractivity contribution in [1.82, 2.24) is 0 Å². The van der Waals surface area contributed by atoms with Crippen molar-refractivity contribution in [1.29, 1.82) is 0 Å². The molecule has 156 valence electrons. The lowest BCUT2D eigenvalue weighted by Crippen LogP contribution is -2.58. The zero-order valence-corrected chi connectivity index (χ0v) is 17.6. The standard InChI is InChI=1S/C23H34O5/c1-14-6-7-16-15(2)17(24)12-18-22(3,4)19(8-10-23(16,18)5)28-21(26)13-20(25)27-11-9-14/h9,16-19,24H,2,6-8,10-13H2,1,3-5H3/b14-9+/t16-,17+,18-,19+,23+/m1/s1. The first-order valence-electron chi connectivity index (χ1n) is 10.4. The molecule has 0 aromatic rings. The summed E-state index contributed by atoms with van der Waals surface area (Å²) in [6.07, 6.45) is 4.85. The molecule has 5 heteroatoms. The first-order chi connectivity index (χ1) is 13.1. The molecular weight excluding hydrogens is 356 g/mol. The molecule has 0 amide bonds. The second-order valence-electron chi connectivity index (χ2n) is 9.72. The van der Waals surface area contributed by atoms with Gasteiger partial charge in [-0.05, 0) is 67.9 Å². The highest BCUT2D eigenvalue weighted by atomic mass is 16.6. The highest BCUT2D eigenvalue weighted by molar-refractivity contribution is 5.91. The number of rotatable bonds is 0. The quantitative estimate of drug-likeness (QED) is 0.385. The maximum atomic E-state index is 12.3. The molecule has 4 aliphatic rings. The Morgan fingerprint density at radius 3 is 2.61 bits per heavy atom. The second kappa shape index (κ2) is 7.66. The van der Waals surface area contributed by atoms with Gasteiger partial charge >= 0.3 is 11.9 Å². The molecule has 2 fully saturated rings. The Balaban J connectivity index is 1.98. The maximum absolute atomic E-state index is 12.3. The van der Waals surface area contributed by atoms with Gasteiger partial charge in [0.25, 0.3) is 0 Å². The van der Waals surface area contributed by atoms with Gasteiger partial charge in [0.2, 0.25) is 0 Å². The third-order valence-electron chi connectivity index (χ3n) is 7.67. The molecule has 5 nitrogen and oxygen atoms in total. The molecular formula is C23H34O5. The lowest BCUT2D eigenvalue weighted by Gasteiger charge is -2.60. The molecule has 0 aromatic carbocycles. The summed E-state index contributed by atoms with van der Waals surface area (Å²) >= 11 is 0. The predicted octanol–water partition coefficient (Wildman–Crippen LogP) is 3.95. The van der Waals surface area contributed by atoms with Crippen LogP contribution in [-0.4, -0.2) is 35.9 Å². The normalized spacial score (nSPS) is 41.2. The monoisotopic (exact) mass is 390 g/mol. The minimum Gasteiger partial charge on any atom is -0.461 e. The summed E-state index contributed by atoms with van der Waals surface area (Å²) in [7, 11) is 0. The average Bonchev–Trinajstić information content (AvgIpc) is 2.60. The second-order valence-corrected chi connectivity index (χ2v) is 9.72. The Labute approximate surface area is 168 Å². The molecule has 5 atom stereocenters. The van der Waals surface area contributed by atoms with Crippen LogP contribution in [0.3, 0.4) is 0 Å². The van der Waals surface area contributed by atoms with Crippen LogP contribution < -0.4 is 0 Å². The van der Waals surface area contributed by atoms with E-state index in [4.69, 9.17) is 9.47 Å². The minimum absolute atomic E-state index is 0.00942. The van der Waals surface area contributed by atoms with Crippen molar-refractivity contribution < 1.29 is 24.2 Å². The first-order valence-corrected chi connectivity index (χ1v) is 10.4. The number of allylic oxidation sites excluding steroid dienone is 1. The molecule has 4 rings (SSSR count). The molecule has 0 aromatic heterocycles. The van der Waals surface area contributed by atoms with Crippen LogP contribution in [0, 0.1) is 22.7 Å². The van der Waals surface area contributed by atoms with E-state index in [1.54, 1.807) is 0 Å². The van der Waals surface area contributed by atoms with Crippen LogP contribution in [0.2, 0.25) is 0 Å². The summed E-state index contributed by atoms with van der Waals surface area (Å²) in [5.41, 5.74) is 1.80. The van der Waals surface area contributed by atoms with Gasteiger partial charge in [0.05, 0.1) is 6.10 Å². The van der Waals surface area contributed by atoms with Crippen LogP contribution in [0.1, 0.15) is 66.2 Å². The van der Waals surface area contributed by atoms with Crippen molar-refractivity contribution in [3.05, 3.63) is 23.8 Å². The Bertz CT molecular complexity index is 691. The van der Waals surface area contributed by atoms with E-state index in [0.29, 0.717) is 6.42 Å². The van der Waals surface area contributed by atoms with Crippen LogP contribution in [0.15, 0.2) is 23.8 Å². The zero-order chi connectivity index (χ0) is 20.7. The number of esters is 2. The van der Waals surface area contributed by atoms with Gasteiger partial charge in [-0.2, -0.15) is 0 Å². The molecule has 28 heavy (non-hydrogen) atoms. The summed E-state index contributed by atoms with van der Waals surface area (Å²) < 4.78 is 10.9. The van der Waals surface area contributed by atoms with Crippen LogP contribution in [-0.2, 0) is 19.1 Å². The van der Waals surface area contributed by atoms with Gasteiger partial charge in [-0.25, -0.2) is 0 Å². The number of carbonyl (C=O) groups excluding carboxylic acids is 2. The summed E-state index contributed by atoms with van der Waals surface area (Å²) in [6, 6.07) is 0. The number of fused-ring (bicyclic) bond motifs is 9. The number of ether oxygens (including phenoxy) is 2. The van der Waals surface area contributed by atoms with Gasteiger partial charge in [-0.1, -0.05) is 32.9 Å². The Hall–Kier alpha value is -1.62. The third-order valence-corrected chi connectivity index (χ3v) is 7.67. The largest absolute Gasteiger partial charge is 0.461 e. The van der Waals surface area contributed by atoms with Crippen LogP contribution in [0.5, 0.6) is 0 Å². The molecule has 0 saturated heterocycles. The van der Waals surface area contributed by atoms with E-state index >= 15 is 0 Å². The van der Waals surface area contributed by atoms with Crippen LogP contribution in [0.4, 0.5) is 0 Å². The van der Waals surface area contributed by atoms with Gasteiger partial charge in [0.15, 0.2) is 0 Å². The summed E-state index contributed by atoms with van der Waals surface area (Å²) in [6.45, 7) is 13.0. The van der Waals surface area contributed by atoms with Gasteiger partial charge in [0, 0.05) is 5.41 Å². The van der Waals surface area contributed by atoms with E-state index in [1.165, 1.54) is 0 Å². The lowest BCUT2D eigenvalue weighted by atomic mass is 9.46. The van der Waals surface area contributed by atoms with Crippen LogP contribution >= 0.6 is 0 Å². The molecule has 2 saturated carbocycles. The minimum atomic E-state index is -0.551. The van der Waals surface area contributed by atoms with E-state index in [0.717, 1.165) is 36.8 Å². The number of hydrogen-bond acceptors (Lipinski definition) is 5. The van der Waals surface area contributed by atoms with Crippen molar-refractivity contribution in [3.63, 3.8) is 0 Å². The fourth-order valence-corrected chi connectivity index (χ4v) is 5.93. The van der Waals surface area contributed by atoms with Gasteiger partial charge in [-0.15, -0.1) is 0 Å². The molecule has 0 radical (unpaired) electrons. The Morgan fingerprint density at radius 1 is 1.18 bits per heavy atom. The van der Waals surface area contributed by atoms with E-state index in [2.05, 4.69) is 27.4 Å². The highest BCUT2D eigenvalue weighted by Crippen LogP contribution is 2.62. The molecule has 0 unspecified atom stereocenters. The predicted molar refractivity (Wildman–Crippen MR) is 106 cm³/mol. The van der Waals surface area contributed by atoms with E-state index in [-0.39, 0.29) is 41.8 Å². The van der Waals surface area contributed by atoms with Gasteiger partial charge < -0.3 is 14.6 Å². The first kappa shape index (κ1) is 21.1. The summed E-state index contributed by atoms with van der Waals surface area (Å²) in [5.74, 6) is -0.656. The molecule has 1 N–H and O–H groups in total. The number of carbonyl (C=O) groups is 2. The number of hydrogen-bond donors (Lipinski definition) is 1. The fraction of sp³-hybridized carbons (Fsp3) is 0.739. The number of aliphatic hydroxyl groups is 1. The Morgan fingerprint density at radius 2 is 1.89 bits per heavy atom. The van der Waals surface area contributed by atoms with Gasteiger partial charge in [-0.3, -0.25) is 9.59 Å². The molecule has 2 aliphatic heterocycles. The van der Waals surface area contributed by atoms with Crippen molar-refractivity contribution in [2.45, 2.75) is 78.4 Å². The van der Waals surface area contributed by atoms with E-state index in [9.17, 15) is 14.7 Å². The van der Waals surface area contributed by atoms with Crippen molar-refractivity contribution in [2.24, 2.45) is 22.7 Å². The molecule has 4 bridgehead atoms. The SMILES string of the molecule is C=C1[C@H]2CC/C(C)=C/COC(=O)CC(=O)O[C@H]3CC[C@]2(C)[C@H](C[C@@H]1O)C3(C)C. The smallest absolute Gasteiger partial charge is 0.317 e. The fourth-order valence-electron chi connectivity index (χ4n) is 5.93. The molecule has 0 spiro atoms.